The number of carboxylic acid groups (broad SMARTS) is 1. The minimum atomic E-state index is -5.25. The van der Waals surface area contributed by atoms with Crippen LogP contribution in [-0.4, -0.2) is 29.5 Å². The molecular formula is C9H5F6NO4. The van der Waals surface area contributed by atoms with Crippen LogP contribution in [0.4, 0.5) is 26.3 Å². The van der Waals surface area contributed by atoms with E-state index in [0.29, 0.717) is 7.11 Å². The molecule has 0 spiro atoms. The fourth-order valence-electron chi connectivity index (χ4n) is 1.29. The lowest BCUT2D eigenvalue weighted by molar-refractivity contribution is -0.275. The van der Waals surface area contributed by atoms with Crippen LogP contribution in [0.1, 0.15) is 16.1 Å². The number of aromatic carboxylic acids is 1. The molecule has 1 N–H and O–H groups in total. The standard InChI is InChI=1S/C9H5F6NO4/c1-19-5-3(20-9(13,14)15)2-16-6(8(10,11)12)4(5)7(17)18/h2H,1H3,(H,17,18). The van der Waals surface area contributed by atoms with Crippen molar-refractivity contribution < 1.29 is 45.7 Å². The topological polar surface area (TPSA) is 68.7 Å². The Labute approximate surface area is 106 Å². The summed E-state index contributed by atoms with van der Waals surface area (Å²) >= 11 is 0. The number of nitrogens with zero attached hydrogens (tertiary/aromatic N) is 1. The van der Waals surface area contributed by atoms with Gasteiger partial charge in [-0.05, 0) is 0 Å². The normalized spacial score (nSPS) is 12.2. The van der Waals surface area contributed by atoms with E-state index in [1.807, 2.05) is 0 Å². The lowest BCUT2D eigenvalue weighted by Crippen LogP contribution is -2.21. The Kier molecular flexibility index (Phi) is 4.01. The van der Waals surface area contributed by atoms with E-state index in [2.05, 4.69) is 14.5 Å². The van der Waals surface area contributed by atoms with Crippen molar-refractivity contribution in [1.82, 2.24) is 4.98 Å². The Morgan fingerprint density at radius 1 is 1.25 bits per heavy atom. The first-order chi connectivity index (χ1) is 8.97. The van der Waals surface area contributed by atoms with Gasteiger partial charge in [0.2, 0.25) is 0 Å². The SMILES string of the molecule is COc1c(OC(F)(F)F)cnc(C(F)(F)F)c1C(=O)O. The van der Waals surface area contributed by atoms with E-state index >= 15 is 0 Å². The lowest BCUT2D eigenvalue weighted by Gasteiger charge is -2.16. The zero-order chi connectivity index (χ0) is 15.7. The first-order valence-electron chi connectivity index (χ1n) is 4.60. The van der Waals surface area contributed by atoms with Gasteiger partial charge in [0.05, 0.1) is 13.3 Å². The summed E-state index contributed by atoms with van der Waals surface area (Å²) in [5, 5.41) is 8.71. The Balaban J connectivity index is 3.54. The van der Waals surface area contributed by atoms with E-state index in [1.165, 1.54) is 0 Å². The molecule has 1 aromatic heterocycles. The summed E-state index contributed by atoms with van der Waals surface area (Å²) in [6.07, 6.45) is -10.3. The van der Waals surface area contributed by atoms with Gasteiger partial charge in [-0.1, -0.05) is 0 Å². The van der Waals surface area contributed by atoms with Crippen LogP contribution in [0.2, 0.25) is 0 Å². The number of hydrogen-bond acceptors (Lipinski definition) is 4. The van der Waals surface area contributed by atoms with E-state index in [-0.39, 0.29) is 6.20 Å². The molecule has 0 aliphatic carbocycles. The molecule has 5 nitrogen and oxygen atoms in total. The molecule has 0 aliphatic rings. The molecule has 20 heavy (non-hydrogen) atoms. The maximum Gasteiger partial charge on any atom is 0.573 e. The number of halogens is 6. The number of carboxylic acids is 1. The summed E-state index contributed by atoms with van der Waals surface area (Å²) in [5.41, 5.74) is -3.46. The Morgan fingerprint density at radius 3 is 2.15 bits per heavy atom. The molecule has 0 aromatic carbocycles. The van der Waals surface area contributed by atoms with E-state index in [4.69, 9.17) is 5.11 Å². The minimum absolute atomic E-state index is 0.0849. The molecule has 1 heterocycles. The third-order valence-electron chi connectivity index (χ3n) is 1.91. The summed E-state index contributed by atoms with van der Waals surface area (Å²) in [5.74, 6) is -4.67. The number of aromatic nitrogens is 1. The van der Waals surface area contributed by atoms with Gasteiger partial charge >= 0.3 is 18.5 Å². The molecule has 11 heteroatoms. The fourth-order valence-corrected chi connectivity index (χ4v) is 1.29. The highest BCUT2D eigenvalue weighted by molar-refractivity contribution is 5.93. The van der Waals surface area contributed by atoms with Gasteiger partial charge < -0.3 is 14.6 Å². The van der Waals surface area contributed by atoms with Crippen LogP contribution in [0.3, 0.4) is 0 Å². The van der Waals surface area contributed by atoms with Crippen molar-refractivity contribution in [3.05, 3.63) is 17.5 Å². The molecule has 0 saturated heterocycles. The van der Waals surface area contributed by atoms with E-state index in [1.54, 1.807) is 0 Å². The van der Waals surface area contributed by atoms with Gasteiger partial charge in [0.25, 0.3) is 0 Å². The van der Waals surface area contributed by atoms with Crippen molar-refractivity contribution in [1.29, 1.82) is 0 Å². The number of carbonyl (C=O) groups is 1. The highest BCUT2D eigenvalue weighted by Gasteiger charge is 2.42. The van der Waals surface area contributed by atoms with Gasteiger partial charge in [-0.25, -0.2) is 9.78 Å². The summed E-state index contributed by atoms with van der Waals surface area (Å²) in [7, 11) is 0.700. The molecule has 0 aliphatic heterocycles. The van der Waals surface area contributed by atoms with Gasteiger partial charge in [-0.2, -0.15) is 13.2 Å². The molecule has 0 amide bonds. The average molecular weight is 305 g/mol. The Bertz CT molecular complexity index is 524. The van der Waals surface area contributed by atoms with Crippen molar-refractivity contribution in [3.63, 3.8) is 0 Å². The van der Waals surface area contributed by atoms with Crippen LogP contribution < -0.4 is 9.47 Å². The van der Waals surface area contributed by atoms with Gasteiger partial charge in [0.15, 0.2) is 17.2 Å². The van der Waals surface area contributed by atoms with Crippen LogP contribution in [-0.2, 0) is 6.18 Å². The molecule has 0 fully saturated rings. The highest BCUT2D eigenvalue weighted by Crippen LogP contribution is 2.40. The molecule has 0 bridgehead atoms. The van der Waals surface area contributed by atoms with Gasteiger partial charge in [0, 0.05) is 0 Å². The number of hydrogen-bond donors (Lipinski definition) is 1. The second-order valence-electron chi connectivity index (χ2n) is 3.23. The first-order valence-corrected chi connectivity index (χ1v) is 4.60. The first kappa shape index (κ1) is 15.9. The number of alkyl halides is 6. The number of methoxy groups -OCH3 is 1. The molecule has 0 atom stereocenters. The van der Waals surface area contributed by atoms with Crippen molar-refractivity contribution in [2.24, 2.45) is 0 Å². The van der Waals surface area contributed by atoms with Gasteiger partial charge in [-0.15, -0.1) is 13.2 Å². The second-order valence-corrected chi connectivity index (χ2v) is 3.23. The quantitative estimate of drug-likeness (QED) is 0.870. The molecule has 1 rings (SSSR count). The molecule has 112 valence electrons. The molecule has 0 unspecified atom stereocenters. The highest BCUT2D eigenvalue weighted by atomic mass is 19.4. The Hall–Kier alpha value is -2.20. The molecule has 1 aromatic rings. The largest absolute Gasteiger partial charge is 0.573 e. The number of rotatable bonds is 3. The number of pyridine rings is 1. The minimum Gasteiger partial charge on any atom is -0.492 e. The zero-order valence-corrected chi connectivity index (χ0v) is 9.46. The van der Waals surface area contributed by atoms with Crippen LogP contribution in [0, 0.1) is 0 Å². The maximum absolute atomic E-state index is 12.6. The zero-order valence-electron chi connectivity index (χ0n) is 9.46. The van der Waals surface area contributed by atoms with Crippen molar-refractivity contribution in [2.45, 2.75) is 12.5 Å². The molecular weight excluding hydrogens is 300 g/mol. The number of ether oxygens (including phenoxy) is 2. The van der Waals surface area contributed by atoms with Crippen LogP contribution in [0.15, 0.2) is 6.20 Å². The smallest absolute Gasteiger partial charge is 0.492 e. The summed E-state index contributed by atoms with van der Waals surface area (Å²) in [6.45, 7) is 0. The fraction of sp³-hybridized carbons (Fsp3) is 0.333. The van der Waals surface area contributed by atoms with Crippen LogP contribution in [0.25, 0.3) is 0 Å². The van der Waals surface area contributed by atoms with Crippen LogP contribution >= 0.6 is 0 Å². The monoisotopic (exact) mass is 305 g/mol. The van der Waals surface area contributed by atoms with Gasteiger partial charge in [0.1, 0.15) is 5.56 Å². The summed E-state index contributed by atoms with van der Waals surface area (Å²) < 4.78 is 81.4. The third-order valence-corrected chi connectivity index (χ3v) is 1.91. The predicted molar refractivity (Wildman–Crippen MR) is 49.4 cm³/mol. The second kappa shape index (κ2) is 5.06. The molecule has 0 radical (unpaired) electrons. The Morgan fingerprint density at radius 2 is 1.80 bits per heavy atom. The van der Waals surface area contributed by atoms with Crippen molar-refractivity contribution >= 4 is 5.97 Å². The average Bonchev–Trinajstić information content (AvgIpc) is 2.24. The van der Waals surface area contributed by atoms with Gasteiger partial charge in [-0.3, -0.25) is 0 Å². The summed E-state index contributed by atoms with van der Waals surface area (Å²) in [6, 6.07) is 0. The van der Waals surface area contributed by atoms with E-state index in [9.17, 15) is 31.1 Å². The van der Waals surface area contributed by atoms with Crippen molar-refractivity contribution in [3.8, 4) is 11.5 Å². The third kappa shape index (κ3) is 3.42. The maximum atomic E-state index is 12.6. The lowest BCUT2D eigenvalue weighted by atomic mass is 10.1. The van der Waals surface area contributed by atoms with Crippen LogP contribution in [0.5, 0.6) is 11.5 Å². The van der Waals surface area contributed by atoms with E-state index < -0.39 is 41.3 Å². The van der Waals surface area contributed by atoms with Crippen molar-refractivity contribution in [2.75, 3.05) is 7.11 Å². The van der Waals surface area contributed by atoms with E-state index in [0.717, 1.165) is 0 Å². The predicted octanol–water partition coefficient (Wildman–Crippen LogP) is 2.71. The molecule has 0 saturated carbocycles. The summed E-state index contributed by atoms with van der Waals surface area (Å²) in [4.78, 5) is 13.5.